The van der Waals surface area contributed by atoms with Gasteiger partial charge in [-0.05, 0) is 116 Å². The Morgan fingerprint density at radius 1 is 0.780 bits per heavy atom. The molecule has 18 atom stereocenters. The Morgan fingerprint density at radius 3 is 2.34 bits per heavy atom. The van der Waals surface area contributed by atoms with E-state index in [9.17, 15) is 25.5 Å². The molecule has 3 saturated heterocycles. The first-order valence-electron chi connectivity index (χ1n) is 17.0. The van der Waals surface area contributed by atoms with Crippen LogP contribution in [0.3, 0.4) is 0 Å². The van der Waals surface area contributed by atoms with Crippen LogP contribution in [0, 0.1) is 58.7 Å². The smallest absolute Gasteiger partial charge is 0.186 e. The third kappa shape index (κ3) is 4.68. The molecule has 3 heterocycles. The minimum atomic E-state index is -1.43. The van der Waals surface area contributed by atoms with Gasteiger partial charge in [0.1, 0.15) is 24.4 Å². The van der Waals surface area contributed by atoms with Crippen LogP contribution in [0.2, 0.25) is 0 Å². The Bertz CT molecular complexity index is 949. The summed E-state index contributed by atoms with van der Waals surface area (Å²) in [6, 6.07) is 0.787. The molecule has 7 aliphatic rings. The molecule has 3 aliphatic heterocycles. The zero-order valence-corrected chi connectivity index (χ0v) is 25.3. The highest BCUT2D eigenvalue weighted by atomic mass is 16.7. The topological polar surface area (TPSA) is 123 Å². The molecule has 4 saturated carbocycles. The molecule has 234 valence electrons. The molecule has 4 aliphatic carbocycles. The molecule has 41 heavy (non-hydrogen) atoms. The second-order valence-corrected chi connectivity index (χ2v) is 15.9. The normalized spacial score (nSPS) is 59.0. The minimum Gasteiger partial charge on any atom is -0.394 e. The van der Waals surface area contributed by atoms with Gasteiger partial charge in [0.15, 0.2) is 6.29 Å². The van der Waals surface area contributed by atoms with Gasteiger partial charge in [-0.15, -0.1) is 0 Å². The van der Waals surface area contributed by atoms with Crippen LogP contribution < -0.4 is 0 Å². The van der Waals surface area contributed by atoms with Crippen molar-refractivity contribution in [2.75, 3.05) is 19.7 Å². The number of piperidine rings is 2. The standard InChI is InChI=1S/C33H55NO7/c1-16-4-7-26-17(2)19-5-6-20-21(23(19)14-34(26)13-16)11-24-22(20)12-27(36)25-10-18(8-9-33(24,25)3)40-32-31(39)30(38)29(37)28(15-35)41-32/h16-32,35-39H,4-15H2,1-3H3/t16?,17?,18?,19?,20?,21?,22?,23?,24?,25?,26?,27?,28-,29-,30+,31-,32-,33?/m1/s1. The van der Waals surface area contributed by atoms with Gasteiger partial charge in [0.25, 0.3) is 0 Å². The van der Waals surface area contributed by atoms with Gasteiger partial charge in [0.05, 0.1) is 18.8 Å². The minimum absolute atomic E-state index is 0.0763. The van der Waals surface area contributed by atoms with Gasteiger partial charge < -0.3 is 35.0 Å². The fourth-order valence-corrected chi connectivity index (χ4v) is 12.1. The second kappa shape index (κ2) is 10.9. The number of hydrogen-bond acceptors (Lipinski definition) is 8. The Labute approximate surface area is 245 Å². The monoisotopic (exact) mass is 577 g/mol. The first-order chi connectivity index (χ1) is 19.6. The van der Waals surface area contributed by atoms with Crippen molar-refractivity contribution in [3.8, 4) is 0 Å². The molecule has 5 N–H and O–H groups in total. The Morgan fingerprint density at radius 2 is 1.56 bits per heavy atom. The summed E-state index contributed by atoms with van der Waals surface area (Å²) in [6.45, 7) is 9.55. The van der Waals surface area contributed by atoms with Crippen molar-refractivity contribution in [3.63, 3.8) is 0 Å². The van der Waals surface area contributed by atoms with Crippen molar-refractivity contribution in [3.05, 3.63) is 0 Å². The second-order valence-electron chi connectivity index (χ2n) is 15.9. The van der Waals surface area contributed by atoms with Crippen LogP contribution in [0.25, 0.3) is 0 Å². The summed E-state index contributed by atoms with van der Waals surface area (Å²) in [5.41, 5.74) is 0.0763. The van der Waals surface area contributed by atoms with Crippen LogP contribution in [0.5, 0.6) is 0 Å². The molecule has 7 fully saturated rings. The molecule has 0 aromatic carbocycles. The maximum absolute atomic E-state index is 11.6. The number of rotatable bonds is 3. The zero-order chi connectivity index (χ0) is 28.8. The van der Waals surface area contributed by atoms with Gasteiger partial charge in [-0.3, -0.25) is 4.90 Å². The number of nitrogens with zero attached hydrogens (tertiary/aromatic N) is 1. The molecule has 8 heteroatoms. The highest BCUT2D eigenvalue weighted by molar-refractivity contribution is 5.12. The molecule has 7 rings (SSSR count). The average molecular weight is 578 g/mol. The summed E-state index contributed by atoms with van der Waals surface area (Å²) in [5, 5.41) is 52.1. The maximum Gasteiger partial charge on any atom is 0.186 e. The number of aliphatic hydroxyl groups excluding tert-OH is 5. The summed E-state index contributed by atoms with van der Waals surface area (Å²) in [5.74, 6) is 6.23. The predicted molar refractivity (Wildman–Crippen MR) is 152 cm³/mol. The van der Waals surface area contributed by atoms with E-state index in [2.05, 4.69) is 25.7 Å². The molecule has 0 aromatic rings. The molecule has 0 aromatic heterocycles. The zero-order valence-electron chi connectivity index (χ0n) is 25.3. The van der Waals surface area contributed by atoms with E-state index in [-0.39, 0.29) is 23.5 Å². The fourth-order valence-electron chi connectivity index (χ4n) is 12.1. The van der Waals surface area contributed by atoms with Gasteiger partial charge in [-0.25, -0.2) is 0 Å². The van der Waals surface area contributed by atoms with Crippen molar-refractivity contribution in [2.24, 2.45) is 58.7 Å². The molecule has 0 amide bonds. The van der Waals surface area contributed by atoms with E-state index >= 15 is 0 Å². The maximum atomic E-state index is 11.6. The van der Waals surface area contributed by atoms with Gasteiger partial charge in [-0.1, -0.05) is 20.8 Å². The van der Waals surface area contributed by atoms with E-state index in [1.165, 1.54) is 45.2 Å². The van der Waals surface area contributed by atoms with Gasteiger partial charge >= 0.3 is 0 Å². The molecule has 0 bridgehead atoms. The van der Waals surface area contributed by atoms with Crippen LogP contribution in [0.4, 0.5) is 0 Å². The summed E-state index contributed by atoms with van der Waals surface area (Å²) in [7, 11) is 0. The Balaban J connectivity index is 1.06. The lowest BCUT2D eigenvalue weighted by Crippen LogP contribution is -2.60. The lowest BCUT2D eigenvalue weighted by molar-refractivity contribution is -0.317. The van der Waals surface area contributed by atoms with Crippen molar-refractivity contribution in [1.29, 1.82) is 0 Å². The van der Waals surface area contributed by atoms with E-state index in [0.29, 0.717) is 18.3 Å². The summed E-state index contributed by atoms with van der Waals surface area (Å²) >= 11 is 0. The van der Waals surface area contributed by atoms with Crippen LogP contribution in [-0.4, -0.2) is 99.1 Å². The van der Waals surface area contributed by atoms with Crippen molar-refractivity contribution >= 4 is 0 Å². The molecule has 8 nitrogen and oxygen atoms in total. The highest BCUT2D eigenvalue weighted by Crippen LogP contribution is 2.67. The first kappa shape index (κ1) is 29.4. The number of hydrogen-bond donors (Lipinski definition) is 5. The lowest BCUT2D eigenvalue weighted by atomic mass is 9.51. The lowest BCUT2D eigenvalue weighted by Gasteiger charge is -2.57. The van der Waals surface area contributed by atoms with E-state index < -0.39 is 37.3 Å². The van der Waals surface area contributed by atoms with E-state index in [4.69, 9.17) is 9.47 Å². The van der Waals surface area contributed by atoms with Crippen molar-refractivity contribution < 1.29 is 35.0 Å². The van der Waals surface area contributed by atoms with E-state index in [0.717, 1.165) is 60.8 Å². The van der Waals surface area contributed by atoms with Crippen LogP contribution in [-0.2, 0) is 9.47 Å². The highest BCUT2D eigenvalue weighted by Gasteiger charge is 2.63. The summed E-state index contributed by atoms with van der Waals surface area (Å²) < 4.78 is 11.9. The molecule has 13 unspecified atom stereocenters. The van der Waals surface area contributed by atoms with Gasteiger partial charge in [-0.2, -0.15) is 0 Å². The summed E-state index contributed by atoms with van der Waals surface area (Å²) in [6.07, 6.45) is 3.39. The third-order valence-corrected chi connectivity index (χ3v) is 14.1. The van der Waals surface area contributed by atoms with Crippen molar-refractivity contribution in [2.45, 2.75) is 128 Å². The first-order valence-corrected chi connectivity index (χ1v) is 17.0. The predicted octanol–water partition coefficient (Wildman–Crippen LogP) is 2.39. The molecular weight excluding hydrogens is 522 g/mol. The van der Waals surface area contributed by atoms with E-state index in [1.807, 2.05) is 0 Å². The fraction of sp³-hybridized carbons (Fsp3) is 1.00. The van der Waals surface area contributed by atoms with Crippen LogP contribution in [0.1, 0.15) is 78.6 Å². The Hall–Kier alpha value is -0.320. The molecular formula is C33H55NO7. The SMILES string of the molecule is CC1CCC2C(C)C3CCC4C(CC5C4CC(O)C4CC(O[C@@H]6O[C@H](CO)[C@@H](O)[C@H](O)[C@H]6O)CCC45C)C3CN2C1. The quantitative estimate of drug-likeness (QED) is 0.324. The van der Waals surface area contributed by atoms with Gasteiger partial charge in [0.2, 0.25) is 0 Å². The molecule has 0 spiro atoms. The van der Waals surface area contributed by atoms with E-state index in [1.54, 1.807) is 0 Å². The number of fused-ring (bicyclic) bond motifs is 8. The molecule has 0 radical (unpaired) electrons. The average Bonchev–Trinajstić information content (AvgIpc) is 3.34. The van der Waals surface area contributed by atoms with Crippen molar-refractivity contribution in [1.82, 2.24) is 4.90 Å². The Kier molecular flexibility index (Phi) is 7.84. The largest absolute Gasteiger partial charge is 0.394 e. The third-order valence-electron chi connectivity index (χ3n) is 14.1. The van der Waals surface area contributed by atoms with Crippen LogP contribution in [0.15, 0.2) is 0 Å². The number of aliphatic hydroxyl groups is 5. The summed E-state index contributed by atoms with van der Waals surface area (Å²) in [4.78, 5) is 2.88. The van der Waals surface area contributed by atoms with Gasteiger partial charge in [0, 0.05) is 19.1 Å². The van der Waals surface area contributed by atoms with Crippen LogP contribution >= 0.6 is 0 Å². The number of ether oxygens (including phenoxy) is 2.